The highest BCUT2D eigenvalue weighted by Gasteiger charge is 2.34. The molecule has 2 saturated carbocycles. The summed E-state index contributed by atoms with van der Waals surface area (Å²) in [6.07, 6.45) is 5.02. The zero-order chi connectivity index (χ0) is 21.5. The van der Waals surface area contributed by atoms with Crippen LogP contribution in [0.5, 0.6) is 5.75 Å². The molecular weight excluding hydrogens is 414 g/mol. The topological polar surface area (TPSA) is 75.7 Å². The van der Waals surface area contributed by atoms with Gasteiger partial charge in [-0.2, -0.15) is 12.7 Å². The van der Waals surface area contributed by atoms with Crippen LogP contribution in [0, 0.1) is 11.7 Å². The van der Waals surface area contributed by atoms with Gasteiger partial charge in [-0.05, 0) is 75.3 Å². The Morgan fingerprint density at radius 1 is 1.23 bits per heavy atom. The first-order chi connectivity index (χ1) is 14.1. The summed E-state index contributed by atoms with van der Waals surface area (Å²) in [5, 5.41) is 0. The number of carbonyl (C=O) groups is 1. The summed E-state index contributed by atoms with van der Waals surface area (Å²) in [4.78, 5) is 12.5. The van der Waals surface area contributed by atoms with Crippen LogP contribution in [-0.4, -0.2) is 44.0 Å². The van der Waals surface area contributed by atoms with Crippen LogP contribution in [0.2, 0.25) is 0 Å². The van der Waals surface area contributed by atoms with E-state index in [9.17, 15) is 22.0 Å². The predicted molar refractivity (Wildman–Crippen MR) is 108 cm³/mol. The molecule has 0 radical (unpaired) electrons. The lowest BCUT2D eigenvalue weighted by molar-refractivity contribution is 0.0844. The molecule has 1 aromatic carbocycles. The first kappa shape index (κ1) is 21.5. The summed E-state index contributed by atoms with van der Waals surface area (Å²) in [6, 6.07) is 2.60. The molecule has 0 bridgehead atoms. The molecule has 30 heavy (non-hydrogen) atoms. The Bertz CT molecular complexity index is 917. The monoisotopic (exact) mass is 442 g/mol. The molecule has 1 saturated heterocycles. The first-order valence-electron chi connectivity index (χ1n) is 10.6. The lowest BCUT2D eigenvalue weighted by atomic mass is 9.81. The van der Waals surface area contributed by atoms with Crippen molar-refractivity contribution in [3.8, 4) is 5.75 Å². The Balaban J connectivity index is 1.46. The minimum atomic E-state index is -3.94. The number of hydrogen-bond acceptors (Lipinski definition) is 4. The van der Waals surface area contributed by atoms with Crippen LogP contribution < -0.4 is 9.46 Å². The fraction of sp³-hybridized carbons (Fsp3) is 0.667. The zero-order valence-corrected chi connectivity index (χ0v) is 17.9. The fourth-order valence-corrected chi connectivity index (χ4v) is 5.21. The van der Waals surface area contributed by atoms with Crippen LogP contribution in [0.4, 0.5) is 8.78 Å². The number of benzene rings is 1. The largest absolute Gasteiger partial charge is 0.493 e. The minimum Gasteiger partial charge on any atom is -0.493 e. The van der Waals surface area contributed by atoms with E-state index in [1.54, 1.807) is 6.92 Å². The van der Waals surface area contributed by atoms with Crippen molar-refractivity contribution in [2.24, 2.45) is 5.92 Å². The molecule has 1 heterocycles. The molecule has 0 aromatic heterocycles. The highest BCUT2D eigenvalue weighted by atomic mass is 32.2. The second-order valence-electron chi connectivity index (χ2n) is 9.00. The van der Waals surface area contributed by atoms with E-state index in [4.69, 9.17) is 4.74 Å². The lowest BCUT2D eigenvalue weighted by Gasteiger charge is -2.31. The third-order valence-corrected chi connectivity index (χ3v) is 7.85. The maximum Gasteiger partial charge on any atom is 0.304 e. The van der Waals surface area contributed by atoms with Crippen LogP contribution in [0.3, 0.4) is 0 Å². The van der Waals surface area contributed by atoms with E-state index in [2.05, 4.69) is 0 Å². The maximum atomic E-state index is 14.7. The molecule has 1 amide bonds. The molecule has 3 aliphatic rings. The molecule has 166 valence electrons. The average Bonchev–Trinajstić information content (AvgIpc) is 3.43. The number of hydrogen-bond donors (Lipinski definition) is 1. The maximum absolute atomic E-state index is 14.7. The van der Waals surface area contributed by atoms with Gasteiger partial charge < -0.3 is 4.74 Å². The Morgan fingerprint density at radius 2 is 1.90 bits per heavy atom. The Labute approximate surface area is 176 Å². The number of ether oxygens (including phenoxy) is 1. The van der Waals surface area contributed by atoms with Crippen molar-refractivity contribution < 1.29 is 26.7 Å². The van der Waals surface area contributed by atoms with Gasteiger partial charge in [0.05, 0.1) is 12.2 Å². The van der Waals surface area contributed by atoms with E-state index in [-0.39, 0.29) is 17.4 Å². The fourth-order valence-electron chi connectivity index (χ4n) is 4.00. The molecule has 9 heteroatoms. The summed E-state index contributed by atoms with van der Waals surface area (Å²) >= 11 is 0. The van der Waals surface area contributed by atoms with Gasteiger partial charge >= 0.3 is 10.2 Å². The van der Waals surface area contributed by atoms with Gasteiger partial charge in [0.1, 0.15) is 17.2 Å². The predicted octanol–water partition coefficient (Wildman–Crippen LogP) is 3.68. The van der Waals surface area contributed by atoms with Gasteiger partial charge in [-0.1, -0.05) is 0 Å². The number of carbonyl (C=O) groups excluding carboxylic acids is 1. The number of nitrogens with zero attached hydrogens (tertiary/aromatic N) is 1. The Hall–Kier alpha value is -1.74. The van der Waals surface area contributed by atoms with Crippen LogP contribution >= 0.6 is 0 Å². The van der Waals surface area contributed by atoms with Gasteiger partial charge in [-0.3, -0.25) is 4.79 Å². The highest BCUT2D eigenvalue weighted by Crippen LogP contribution is 2.45. The summed E-state index contributed by atoms with van der Waals surface area (Å²) in [5.74, 6) is -0.994. The molecule has 1 aliphatic heterocycles. The van der Waals surface area contributed by atoms with E-state index < -0.39 is 27.6 Å². The second-order valence-corrected chi connectivity index (χ2v) is 10.7. The number of halogens is 2. The van der Waals surface area contributed by atoms with Crippen molar-refractivity contribution in [3.63, 3.8) is 0 Å². The van der Waals surface area contributed by atoms with Gasteiger partial charge in [0.15, 0.2) is 0 Å². The SMILES string of the molecule is C[C@]1(F)CC[C@@H](COc2cc(F)c(C(=O)NS(=O)(=O)N3CCC3)cc2C2CC2)CC1. The minimum absolute atomic E-state index is 0.180. The second kappa shape index (κ2) is 8.07. The van der Waals surface area contributed by atoms with Gasteiger partial charge in [0, 0.05) is 19.2 Å². The lowest BCUT2D eigenvalue weighted by Crippen LogP contribution is -2.49. The van der Waals surface area contributed by atoms with E-state index in [1.165, 1.54) is 12.1 Å². The summed E-state index contributed by atoms with van der Waals surface area (Å²) < 4.78 is 62.0. The van der Waals surface area contributed by atoms with E-state index in [0.29, 0.717) is 38.3 Å². The summed E-state index contributed by atoms with van der Waals surface area (Å²) in [6.45, 7) is 2.71. The Kier molecular flexibility index (Phi) is 5.78. The molecular formula is C21H28F2N2O4S. The molecule has 0 spiro atoms. The van der Waals surface area contributed by atoms with Crippen LogP contribution in [-0.2, 0) is 10.2 Å². The van der Waals surface area contributed by atoms with Gasteiger partial charge in [-0.25, -0.2) is 13.5 Å². The van der Waals surface area contributed by atoms with Crippen molar-refractivity contribution in [2.75, 3.05) is 19.7 Å². The van der Waals surface area contributed by atoms with Crippen LogP contribution in [0.15, 0.2) is 12.1 Å². The standard InChI is InChI=1S/C21H28F2N2O4S/c1-21(23)7-5-14(6-8-21)13-29-19-12-18(22)17(11-16(19)15-3-4-15)20(26)24-30(27,28)25-9-2-10-25/h11-12,14-15H,2-10,13H2,1H3,(H,24,26)/t14-,21+. The smallest absolute Gasteiger partial charge is 0.304 e. The van der Waals surface area contributed by atoms with Gasteiger partial charge in [0.2, 0.25) is 0 Å². The molecule has 0 atom stereocenters. The molecule has 2 aliphatic carbocycles. The molecule has 3 fully saturated rings. The van der Waals surface area contributed by atoms with Gasteiger partial charge in [0.25, 0.3) is 5.91 Å². The molecule has 0 unspecified atom stereocenters. The van der Waals surface area contributed by atoms with E-state index >= 15 is 0 Å². The molecule has 1 N–H and O–H groups in total. The van der Waals surface area contributed by atoms with Crippen molar-refractivity contribution in [3.05, 3.63) is 29.1 Å². The van der Waals surface area contributed by atoms with Crippen molar-refractivity contribution in [1.82, 2.24) is 9.03 Å². The third-order valence-electron chi connectivity index (χ3n) is 6.36. The normalized spacial score (nSPS) is 27.4. The van der Waals surface area contributed by atoms with Crippen LogP contribution in [0.1, 0.15) is 73.7 Å². The Morgan fingerprint density at radius 3 is 2.47 bits per heavy atom. The van der Waals surface area contributed by atoms with Crippen molar-refractivity contribution >= 4 is 16.1 Å². The third kappa shape index (κ3) is 4.77. The molecule has 4 rings (SSSR count). The van der Waals surface area contributed by atoms with Crippen molar-refractivity contribution in [2.45, 2.75) is 63.5 Å². The number of alkyl halides is 1. The van der Waals surface area contributed by atoms with E-state index in [0.717, 1.165) is 42.0 Å². The first-order valence-corrected chi connectivity index (χ1v) is 12.1. The summed E-state index contributed by atoms with van der Waals surface area (Å²) in [7, 11) is -3.94. The average molecular weight is 443 g/mol. The summed E-state index contributed by atoms with van der Waals surface area (Å²) in [5.41, 5.74) is -0.680. The van der Waals surface area contributed by atoms with E-state index in [1.807, 2.05) is 4.72 Å². The van der Waals surface area contributed by atoms with Gasteiger partial charge in [-0.15, -0.1) is 0 Å². The number of nitrogens with one attached hydrogen (secondary N) is 1. The number of amides is 1. The zero-order valence-electron chi connectivity index (χ0n) is 17.1. The highest BCUT2D eigenvalue weighted by molar-refractivity contribution is 7.87. The molecule has 1 aromatic rings. The van der Waals surface area contributed by atoms with Crippen LogP contribution in [0.25, 0.3) is 0 Å². The molecule has 6 nitrogen and oxygen atoms in total. The quantitative estimate of drug-likeness (QED) is 0.699. The number of rotatable bonds is 7. The van der Waals surface area contributed by atoms with Crippen molar-refractivity contribution in [1.29, 1.82) is 0 Å².